The average molecular weight is 497 g/mol. The molecule has 0 saturated heterocycles. The molecule has 0 aromatic heterocycles. The van der Waals surface area contributed by atoms with Gasteiger partial charge >= 0.3 is 0 Å². The molecule has 0 bridgehead atoms. The Labute approximate surface area is 189 Å². The van der Waals surface area contributed by atoms with Crippen LogP contribution in [0.5, 0.6) is 0 Å². The summed E-state index contributed by atoms with van der Waals surface area (Å²) in [5.41, 5.74) is -1.87. The Morgan fingerprint density at radius 2 is 1.81 bits per heavy atom. The molecule has 0 aliphatic rings. The van der Waals surface area contributed by atoms with Crippen molar-refractivity contribution in [3.8, 4) is 0 Å². The lowest BCUT2D eigenvalue weighted by Crippen LogP contribution is -2.35. The SMILES string of the molecule is CN(CCCCO)C(=O)c1cc([N+](=O)[O-])cc([N+](=O)[O-])c1N(CCCl)CCOS(C)(=O)=O. The normalized spacial score (nSPS) is 11.2. The number of unbranched alkanes of at least 4 members (excludes halogenated alkanes) is 1. The van der Waals surface area contributed by atoms with E-state index in [0.717, 1.165) is 18.4 Å². The van der Waals surface area contributed by atoms with Crippen molar-refractivity contribution in [1.29, 1.82) is 0 Å². The van der Waals surface area contributed by atoms with E-state index in [1.165, 1.54) is 16.8 Å². The number of anilines is 1. The average Bonchev–Trinajstić information content (AvgIpc) is 2.70. The van der Waals surface area contributed by atoms with E-state index >= 15 is 0 Å². The summed E-state index contributed by atoms with van der Waals surface area (Å²) in [6.45, 7) is -0.486. The zero-order valence-corrected chi connectivity index (χ0v) is 19.2. The second-order valence-corrected chi connectivity index (χ2v) is 8.76. The minimum atomic E-state index is -3.79. The highest BCUT2D eigenvalue weighted by Crippen LogP contribution is 2.37. The summed E-state index contributed by atoms with van der Waals surface area (Å²) in [5.74, 6) is -0.749. The molecular weight excluding hydrogens is 472 g/mol. The summed E-state index contributed by atoms with van der Waals surface area (Å²) < 4.78 is 27.2. The number of carbonyl (C=O) groups is 1. The molecule has 0 radical (unpaired) electrons. The fourth-order valence-electron chi connectivity index (χ4n) is 2.85. The standard InChI is InChI=1S/C17H25ClN4O9S/c1-19(6-3-4-9-23)17(24)14-11-13(21(25)26)12-15(22(27)28)16(14)20(7-5-18)8-10-31-32(2,29)30/h11-12,23H,3-10H2,1-2H3. The van der Waals surface area contributed by atoms with Crippen LogP contribution < -0.4 is 4.90 Å². The maximum absolute atomic E-state index is 13.1. The Kier molecular flexibility index (Phi) is 10.7. The van der Waals surface area contributed by atoms with E-state index in [0.29, 0.717) is 12.8 Å². The molecule has 32 heavy (non-hydrogen) atoms. The van der Waals surface area contributed by atoms with Crippen molar-refractivity contribution >= 4 is 44.7 Å². The predicted octanol–water partition coefficient (Wildman–Crippen LogP) is 1.37. The topological polar surface area (TPSA) is 173 Å². The number of nitrogens with zero attached hydrogens (tertiary/aromatic N) is 4. The van der Waals surface area contributed by atoms with Crippen molar-refractivity contribution in [2.24, 2.45) is 0 Å². The first-order valence-electron chi connectivity index (χ1n) is 9.41. The lowest BCUT2D eigenvalue weighted by atomic mass is 10.1. The van der Waals surface area contributed by atoms with Crippen molar-refractivity contribution < 1.29 is 32.3 Å². The highest BCUT2D eigenvalue weighted by atomic mass is 35.5. The van der Waals surface area contributed by atoms with Gasteiger partial charge in [-0.2, -0.15) is 8.42 Å². The molecule has 0 saturated carbocycles. The fraction of sp³-hybridized carbons (Fsp3) is 0.588. The van der Waals surface area contributed by atoms with Gasteiger partial charge in [-0.1, -0.05) is 0 Å². The summed E-state index contributed by atoms with van der Waals surface area (Å²) in [7, 11) is -2.37. The molecular formula is C17H25ClN4O9S. The molecule has 0 spiro atoms. The predicted molar refractivity (Wildman–Crippen MR) is 117 cm³/mol. The van der Waals surface area contributed by atoms with Crippen molar-refractivity contribution in [3.63, 3.8) is 0 Å². The van der Waals surface area contributed by atoms with Gasteiger partial charge in [0.1, 0.15) is 5.69 Å². The Hall–Kier alpha value is -2.55. The minimum absolute atomic E-state index is 0.0260. The number of nitro benzene ring substituents is 2. The molecule has 1 rings (SSSR count). The number of hydrogen-bond donors (Lipinski definition) is 1. The van der Waals surface area contributed by atoms with Crippen LogP contribution in [0, 0.1) is 20.2 Å². The van der Waals surface area contributed by atoms with Gasteiger partial charge < -0.3 is 14.9 Å². The first kappa shape index (κ1) is 27.5. The first-order chi connectivity index (χ1) is 14.9. The summed E-state index contributed by atoms with van der Waals surface area (Å²) in [4.78, 5) is 37.0. The van der Waals surface area contributed by atoms with Gasteiger partial charge in [-0.25, -0.2) is 0 Å². The van der Waals surface area contributed by atoms with Crippen LogP contribution in [-0.4, -0.2) is 86.2 Å². The molecule has 0 unspecified atom stereocenters. The smallest absolute Gasteiger partial charge is 0.300 e. The molecule has 13 nitrogen and oxygen atoms in total. The Bertz CT molecular complexity index is 942. The van der Waals surface area contributed by atoms with Crippen LogP contribution in [0.2, 0.25) is 0 Å². The van der Waals surface area contributed by atoms with Gasteiger partial charge in [0.25, 0.3) is 27.4 Å². The monoisotopic (exact) mass is 496 g/mol. The Balaban J connectivity index is 3.56. The molecule has 1 aromatic carbocycles. The van der Waals surface area contributed by atoms with E-state index in [4.69, 9.17) is 20.9 Å². The van der Waals surface area contributed by atoms with Crippen molar-refractivity contribution in [2.45, 2.75) is 12.8 Å². The Morgan fingerprint density at radius 3 is 2.31 bits per heavy atom. The van der Waals surface area contributed by atoms with Crippen LogP contribution in [0.4, 0.5) is 17.1 Å². The van der Waals surface area contributed by atoms with Gasteiger partial charge in [0, 0.05) is 45.2 Å². The van der Waals surface area contributed by atoms with Gasteiger partial charge in [0.2, 0.25) is 0 Å². The summed E-state index contributed by atoms with van der Waals surface area (Å²) in [5, 5.41) is 32.0. The first-order valence-corrected chi connectivity index (χ1v) is 11.8. The van der Waals surface area contributed by atoms with Crippen molar-refractivity contribution in [2.75, 3.05) is 56.9 Å². The van der Waals surface area contributed by atoms with Crippen LogP contribution in [0.1, 0.15) is 23.2 Å². The van der Waals surface area contributed by atoms with E-state index < -0.39 is 37.2 Å². The third kappa shape index (κ3) is 8.18. The zero-order valence-electron chi connectivity index (χ0n) is 17.6. The summed E-state index contributed by atoms with van der Waals surface area (Å²) in [6.07, 6.45) is 1.70. The molecule has 0 heterocycles. The summed E-state index contributed by atoms with van der Waals surface area (Å²) in [6, 6.07) is 1.67. The van der Waals surface area contributed by atoms with E-state index in [1.54, 1.807) is 0 Å². The van der Waals surface area contributed by atoms with Crippen LogP contribution in [-0.2, 0) is 14.3 Å². The lowest BCUT2D eigenvalue weighted by Gasteiger charge is -2.27. The van der Waals surface area contributed by atoms with Gasteiger partial charge in [-0.15, -0.1) is 11.6 Å². The number of halogens is 1. The van der Waals surface area contributed by atoms with E-state index in [-0.39, 0.29) is 50.0 Å². The van der Waals surface area contributed by atoms with Crippen molar-refractivity contribution in [3.05, 3.63) is 37.9 Å². The second-order valence-electron chi connectivity index (χ2n) is 6.73. The summed E-state index contributed by atoms with van der Waals surface area (Å²) >= 11 is 5.81. The number of nitro groups is 2. The van der Waals surface area contributed by atoms with Gasteiger partial charge in [0.15, 0.2) is 0 Å². The second kappa shape index (κ2) is 12.5. The lowest BCUT2D eigenvalue weighted by molar-refractivity contribution is -0.393. The number of benzene rings is 1. The fourth-order valence-corrected chi connectivity index (χ4v) is 3.43. The number of non-ortho nitro benzene ring substituents is 1. The van der Waals surface area contributed by atoms with Crippen LogP contribution >= 0.6 is 11.6 Å². The van der Waals surface area contributed by atoms with E-state index in [1.807, 2.05) is 0 Å². The maximum Gasteiger partial charge on any atom is 0.300 e. The molecule has 1 N–H and O–H groups in total. The molecule has 0 aliphatic carbocycles. The number of aliphatic hydroxyl groups excluding tert-OH is 1. The highest BCUT2D eigenvalue weighted by Gasteiger charge is 2.32. The number of aliphatic hydroxyl groups is 1. The number of amides is 1. The quantitative estimate of drug-likeness (QED) is 0.130. The van der Waals surface area contributed by atoms with Crippen LogP contribution in [0.25, 0.3) is 0 Å². The van der Waals surface area contributed by atoms with Crippen LogP contribution in [0.15, 0.2) is 12.1 Å². The van der Waals surface area contributed by atoms with E-state index in [2.05, 4.69) is 0 Å². The third-order valence-corrected chi connectivity index (χ3v) is 5.05. The molecule has 1 amide bonds. The maximum atomic E-state index is 13.1. The van der Waals surface area contributed by atoms with E-state index in [9.17, 15) is 33.4 Å². The zero-order chi connectivity index (χ0) is 24.5. The molecule has 0 fully saturated rings. The molecule has 1 aromatic rings. The van der Waals surface area contributed by atoms with Gasteiger partial charge in [-0.3, -0.25) is 29.2 Å². The van der Waals surface area contributed by atoms with Crippen LogP contribution in [0.3, 0.4) is 0 Å². The Morgan fingerprint density at radius 1 is 1.16 bits per heavy atom. The van der Waals surface area contributed by atoms with Crippen molar-refractivity contribution in [1.82, 2.24) is 4.90 Å². The number of alkyl halides is 1. The third-order valence-electron chi connectivity index (χ3n) is 4.29. The molecule has 0 atom stereocenters. The van der Waals surface area contributed by atoms with Gasteiger partial charge in [0.05, 0.1) is 34.3 Å². The highest BCUT2D eigenvalue weighted by molar-refractivity contribution is 7.85. The molecule has 15 heteroatoms. The number of carbonyl (C=O) groups excluding carboxylic acids is 1. The largest absolute Gasteiger partial charge is 0.396 e. The molecule has 0 aliphatic heterocycles. The molecule has 180 valence electrons. The number of rotatable bonds is 14. The van der Waals surface area contributed by atoms with Gasteiger partial charge in [-0.05, 0) is 12.8 Å². The number of hydrogen-bond acceptors (Lipinski definition) is 10. The minimum Gasteiger partial charge on any atom is -0.396 e.